The zero-order valence-electron chi connectivity index (χ0n) is 11.2. The summed E-state index contributed by atoms with van der Waals surface area (Å²) >= 11 is 0. The molecule has 0 aromatic carbocycles. The van der Waals surface area contributed by atoms with Crippen molar-refractivity contribution in [3.05, 3.63) is 46.5 Å². The number of hydrogen-bond donors (Lipinski definition) is 1. The highest BCUT2D eigenvalue weighted by molar-refractivity contribution is 5.94. The Morgan fingerprint density at radius 1 is 1.45 bits per heavy atom. The fourth-order valence-electron chi connectivity index (χ4n) is 2.47. The minimum atomic E-state index is -0.314. The monoisotopic (exact) mass is 272 g/mol. The average Bonchev–Trinajstić information content (AvgIpc) is 2.48. The van der Waals surface area contributed by atoms with Crippen LogP contribution in [0.5, 0.6) is 0 Å². The molecule has 1 N–H and O–H groups in total. The molecule has 1 saturated heterocycles. The van der Waals surface area contributed by atoms with Gasteiger partial charge in [-0.1, -0.05) is 6.07 Å². The van der Waals surface area contributed by atoms with Gasteiger partial charge in [0.2, 0.25) is 0 Å². The standard InChI is InChI=1S/C14H16N4O2/c1-10-8-15-5-7-17(10)13(19)11-9-16-12-4-2-3-6-18(12)14(11)20/h2-4,6,9-10,15H,5,7-8H2,1H3. The molecule has 3 rings (SSSR count). The lowest BCUT2D eigenvalue weighted by Crippen LogP contribution is -2.53. The van der Waals surface area contributed by atoms with Crippen LogP contribution >= 0.6 is 0 Å². The fourth-order valence-corrected chi connectivity index (χ4v) is 2.47. The van der Waals surface area contributed by atoms with Crippen LogP contribution in [0.15, 0.2) is 35.4 Å². The molecule has 6 nitrogen and oxygen atoms in total. The Bertz CT molecular complexity index is 710. The molecular weight excluding hydrogens is 256 g/mol. The number of hydrogen-bond acceptors (Lipinski definition) is 4. The van der Waals surface area contributed by atoms with Gasteiger partial charge in [0.05, 0.1) is 0 Å². The first-order chi connectivity index (χ1) is 9.68. The fraction of sp³-hybridized carbons (Fsp3) is 0.357. The first kappa shape index (κ1) is 12.8. The van der Waals surface area contributed by atoms with Crippen LogP contribution in [0.25, 0.3) is 5.65 Å². The van der Waals surface area contributed by atoms with Gasteiger partial charge in [0.1, 0.15) is 11.2 Å². The summed E-state index contributed by atoms with van der Waals surface area (Å²) < 4.78 is 1.40. The third-order valence-corrected chi connectivity index (χ3v) is 3.61. The molecule has 1 fully saturated rings. The summed E-state index contributed by atoms with van der Waals surface area (Å²) in [6.45, 7) is 4.07. The molecule has 3 heterocycles. The number of piperazine rings is 1. The number of pyridine rings is 1. The summed E-state index contributed by atoms with van der Waals surface area (Å²) in [5, 5.41) is 3.22. The molecule has 0 spiro atoms. The van der Waals surface area contributed by atoms with Crippen molar-refractivity contribution in [2.45, 2.75) is 13.0 Å². The smallest absolute Gasteiger partial charge is 0.270 e. The van der Waals surface area contributed by atoms with Crippen molar-refractivity contribution in [2.75, 3.05) is 19.6 Å². The summed E-state index contributed by atoms with van der Waals surface area (Å²) in [5.41, 5.74) is 0.358. The van der Waals surface area contributed by atoms with Crippen molar-refractivity contribution in [2.24, 2.45) is 0 Å². The van der Waals surface area contributed by atoms with E-state index in [2.05, 4.69) is 10.3 Å². The van der Waals surface area contributed by atoms with Gasteiger partial charge < -0.3 is 10.2 Å². The SMILES string of the molecule is CC1CNCCN1C(=O)c1cnc2ccccn2c1=O. The first-order valence-corrected chi connectivity index (χ1v) is 6.66. The average molecular weight is 272 g/mol. The third kappa shape index (κ3) is 2.08. The molecule has 1 unspecified atom stereocenters. The maximum absolute atomic E-state index is 12.5. The molecule has 1 atom stereocenters. The van der Waals surface area contributed by atoms with Gasteiger partial charge in [-0.25, -0.2) is 4.98 Å². The number of carbonyl (C=O) groups excluding carboxylic acids is 1. The predicted octanol–water partition coefficient (Wildman–Crippen LogP) is 0.128. The highest BCUT2D eigenvalue weighted by Crippen LogP contribution is 2.08. The number of aromatic nitrogens is 2. The van der Waals surface area contributed by atoms with Crippen molar-refractivity contribution in [1.29, 1.82) is 0 Å². The van der Waals surface area contributed by atoms with E-state index in [0.29, 0.717) is 12.2 Å². The van der Waals surface area contributed by atoms with E-state index >= 15 is 0 Å². The van der Waals surface area contributed by atoms with E-state index in [1.807, 2.05) is 13.0 Å². The second kappa shape index (κ2) is 5.05. The van der Waals surface area contributed by atoms with Crippen LogP contribution in [-0.4, -0.2) is 45.9 Å². The number of fused-ring (bicyclic) bond motifs is 1. The first-order valence-electron chi connectivity index (χ1n) is 6.66. The zero-order valence-corrected chi connectivity index (χ0v) is 11.2. The van der Waals surface area contributed by atoms with Crippen molar-refractivity contribution in [1.82, 2.24) is 19.6 Å². The largest absolute Gasteiger partial charge is 0.333 e. The molecule has 2 aromatic rings. The minimum Gasteiger partial charge on any atom is -0.333 e. The molecule has 20 heavy (non-hydrogen) atoms. The molecule has 1 aliphatic heterocycles. The third-order valence-electron chi connectivity index (χ3n) is 3.61. The number of nitrogens with one attached hydrogen (secondary N) is 1. The molecule has 1 aliphatic rings. The van der Waals surface area contributed by atoms with E-state index < -0.39 is 0 Å². The Kier molecular flexibility index (Phi) is 3.23. The predicted molar refractivity (Wildman–Crippen MR) is 74.8 cm³/mol. The summed E-state index contributed by atoms with van der Waals surface area (Å²) in [4.78, 5) is 30.8. The molecule has 0 radical (unpaired) electrons. The maximum Gasteiger partial charge on any atom is 0.270 e. The Hall–Kier alpha value is -2.21. The van der Waals surface area contributed by atoms with Gasteiger partial charge >= 0.3 is 0 Å². The molecule has 104 valence electrons. The Balaban J connectivity index is 2.03. The van der Waals surface area contributed by atoms with Crippen LogP contribution in [-0.2, 0) is 0 Å². The number of amides is 1. The van der Waals surface area contributed by atoms with Crippen LogP contribution in [0.3, 0.4) is 0 Å². The van der Waals surface area contributed by atoms with E-state index in [1.165, 1.54) is 10.6 Å². The quantitative estimate of drug-likeness (QED) is 0.801. The van der Waals surface area contributed by atoms with E-state index in [0.717, 1.165) is 13.1 Å². The van der Waals surface area contributed by atoms with E-state index in [4.69, 9.17) is 0 Å². The molecule has 2 aromatic heterocycles. The van der Waals surface area contributed by atoms with Gasteiger partial charge in [0, 0.05) is 38.1 Å². The Labute approximate surface area is 116 Å². The van der Waals surface area contributed by atoms with Crippen molar-refractivity contribution >= 4 is 11.6 Å². The minimum absolute atomic E-state index is 0.0760. The summed E-state index contributed by atoms with van der Waals surface area (Å²) in [6, 6.07) is 5.37. The molecule has 0 aliphatic carbocycles. The van der Waals surface area contributed by atoms with E-state index in [1.54, 1.807) is 23.2 Å². The highest BCUT2D eigenvalue weighted by atomic mass is 16.2. The highest BCUT2D eigenvalue weighted by Gasteiger charge is 2.26. The topological polar surface area (TPSA) is 66.7 Å². The summed E-state index contributed by atoms with van der Waals surface area (Å²) in [6.07, 6.45) is 3.01. The lowest BCUT2D eigenvalue weighted by atomic mass is 10.2. The van der Waals surface area contributed by atoms with Gasteiger partial charge in [0.25, 0.3) is 11.5 Å². The van der Waals surface area contributed by atoms with E-state index in [-0.39, 0.29) is 23.1 Å². The van der Waals surface area contributed by atoms with Gasteiger partial charge in [0.15, 0.2) is 0 Å². The van der Waals surface area contributed by atoms with Gasteiger partial charge in [-0.15, -0.1) is 0 Å². The second-order valence-electron chi connectivity index (χ2n) is 4.96. The van der Waals surface area contributed by atoms with Gasteiger partial charge in [-0.3, -0.25) is 14.0 Å². The van der Waals surface area contributed by atoms with Crippen LogP contribution in [0, 0.1) is 0 Å². The Morgan fingerprint density at radius 3 is 3.10 bits per heavy atom. The number of rotatable bonds is 1. The van der Waals surface area contributed by atoms with Gasteiger partial charge in [-0.2, -0.15) is 0 Å². The maximum atomic E-state index is 12.5. The van der Waals surface area contributed by atoms with Crippen LogP contribution in [0.2, 0.25) is 0 Å². The van der Waals surface area contributed by atoms with Gasteiger partial charge in [-0.05, 0) is 19.1 Å². The zero-order chi connectivity index (χ0) is 14.1. The molecular formula is C14H16N4O2. The normalized spacial score (nSPS) is 19.2. The summed E-state index contributed by atoms with van der Waals surface area (Å²) in [5.74, 6) is -0.241. The second-order valence-corrected chi connectivity index (χ2v) is 4.96. The molecule has 1 amide bonds. The molecule has 0 bridgehead atoms. The Morgan fingerprint density at radius 2 is 2.30 bits per heavy atom. The number of carbonyl (C=O) groups is 1. The number of nitrogens with zero attached hydrogens (tertiary/aromatic N) is 3. The van der Waals surface area contributed by atoms with Crippen LogP contribution in [0.4, 0.5) is 0 Å². The lowest BCUT2D eigenvalue weighted by molar-refractivity contribution is 0.0653. The van der Waals surface area contributed by atoms with Crippen molar-refractivity contribution < 1.29 is 4.79 Å². The van der Waals surface area contributed by atoms with Crippen LogP contribution in [0.1, 0.15) is 17.3 Å². The van der Waals surface area contributed by atoms with Crippen molar-refractivity contribution in [3.63, 3.8) is 0 Å². The lowest BCUT2D eigenvalue weighted by Gasteiger charge is -2.33. The summed E-state index contributed by atoms with van der Waals surface area (Å²) in [7, 11) is 0. The molecule has 6 heteroatoms. The van der Waals surface area contributed by atoms with Crippen LogP contribution < -0.4 is 10.9 Å². The molecule has 0 saturated carbocycles. The van der Waals surface area contributed by atoms with E-state index in [9.17, 15) is 9.59 Å². The van der Waals surface area contributed by atoms with Crippen molar-refractivity contribution in [3.8, 4) is 0 Å².